The van der Waals surface area contributed by atoms with E-state index in [0.29, 0.717) is 30.3 Å². The molecule has 0 aromatic heterocycles. The Labute approximate surface area is 321 Å². The fourth-order valence-corrected chi connectivity index (χ4v) is 11.9. The van der Waals surface area contributed by atoms with E-state index < -0.39 is 104 Å². The van der Waals surface area contributed by atoms with E-state index in [9.17, 15) is 50.8 Å². The number of esters is 1. The lowest BCUT2D eigenvalue weighted by atomic mass is 9.46. The lowest BCUT2D eigenvalue weighted by Gasteiger charge is -2.60. The summed E-state index contributed by atoms with van der Waals surface area (Å²) in [5.74, 6) is 0.398. The summed E-state index contributed by atoms with van der Waals surface area (Å²) in [4.78, 5) is 12.6. The highest BCUT2D eigenvalue weighted by Crippen LogP contribution is 2.68. The first-order valence-corrected chi connectivity index (χ1v) is 20.1. The van der Waals surface area contributed by atoms with Gasteiger partial charge in [0.2, 0.25) is 0 Å². The van der Waals surface area contributed by atoms with Crippen molar-refractivity contribution in [1.82, 2.24) is 0 Å². The predicted octanol–water partition coefficient (Wildman–Crippen LogP) is -0.0516. The minimum atomic E-state index is -1.68. The maximum atomic E-state index is 12.6. The number of hydrogen-bond acceptors (Lipinski definition) is 15. The van der Waals surface area contributed by atoms with Gasteiger partial charge in [0, 0.05) is 23.8 Å². The third-order valence-corrected chi connectivity index (χ3v) is 15.5. The summed E-state index contributed by atoms with van der Waals surface area (Å²) in [7, 11) is 0. The molecule has 3 heterocycles. The highest BCUT2D eigenvalue weighted by atomic mass is 16.7. The number of aliphatic hydroxyl groups is 9. The van der Waals surface area contributed by atoms with Gasteiger partial charge >= 0.3 is 5.97 Å². The van der Waals surface area contributed by atoms with Gasteiger partial charge in [-0.3, -0.25) is 0 Å². The second-order valence-electron chi connectivity index (χ2n) is 18.3. The molecule has 0 radical (unpaired) electrons. The van der Waals surface area contributed by atoms with Crippen molar-refractivity contribution in [3.05, 3.63) is 22.8 Å². The Hall–Kier alpha value is -1.57. The number of aliphatic hydroxyl groups excluding tert-OH is 8. The van der Waals surface area contributed by atoms with Crippen molar-refractivity contribution < 1.29 is 74.4 Å². The van der Waals surface area contributed by atoms with Gasteiger partial charge in [0.1, 0.15) is 60.5 Å². The first kappa shape index (κ1) is 41.6. The molecule has 0 amide bonds. The SMILES string of the molecule is CC1=C(C)C(=O)O[C@@H]([C@@](C)(O)[C@@H]2CC[C@@H]3[C@H]4CC=C5C[C@@H](O[C@H]6O[C@@H](CO[C@@H]7O[C@H](CO)[C@@H](O)[C@@H](O)[C@@H]7O)[C@H](O)[C@@H](O)[C@@H]6O)C[C@@H](O)[C@@]5(C)[C@@H]4CC[C@]32C)C1. The average Bonchev–Trinajstić information content (AvgIpc) is 3.51. The highest BCUT2D eigenvalue weighted by Gasteiger charge is 2.64. The Balaban J connectivity index is 1.01. The molecular formula is C40H62O15. The molecule has 3 saturated carbocycles. The van der Waals surface area contributed by atoms with Crippen LogP contribution < -0.4 is 0 Å². The summed E-state index contributed by atoms with van der Waals surface area (Å²) in [6.45, 7) is 8.86. The van der Waals surface area contributed by atoms with Crippen LogP contribution in [0.5, 0.6) is 0 Å². The minimum Gasteiger partial charge on any atom is -0.456 e. The summed E-state index contributed by atoms with van der Waals surface area (Å²) < 4.78 is 28.9. The van der Waals surface area contributed by atoms with Gasteiger partial charge in [-0.2, -0.15) is 0 Å². The number of ether oxygens (including phenoxy) is 5. The summed E-state index contributed by atoms with van der Waals surface area (Å²) in [6, 6.07) is 0. The zero-order valence-corrected chi connectivity index (χ0v) is 32.4. The normalized spacial score (nSPS) is 51.3. The molecule has 20 atom stereocenters. The molecule has 55 heavy (non-hydrogen) atoms. The van der Waals surface area contributed by atoms with Crippen molar-refractivity contribution in [3.63, 3.8) is 0 Å². The molecule has 7 rings (SSSR count). The predicted molar refractivity (Wildman–Crippen MR) is 191 cm³/mol. The van der Waals surface area contributed by atoms with Crippen molar-refractivity contribution in [2.75, 3.05) is 13.2 Å². The average molecular weight is 783 g/mol. The van der Waals surface area contributed by atoms with Gasteiger partial charge < -0.3 is 69.6 Å². The first-order chi connectivity index (χ1) is 25.8. The molecule has 5 fully saturated rings. The number of cyclic esters (lactones) is 1. The Bertz CT molecular complexity index is 1500. The van der Waals surface area contributed by atoms with E-state index >= 15 is 0 Å². The van der Waals surface area contributed by atoms with Crippen LogP contribution in [0.15, 0.2) is 22.8 Å². The van der Waals surface area contributed by atoms with Gasteiger partial charge in [-0.15, -0.1) is 0 Å². The summed E-state index contributed by atoms with van der Waals surface area (Å²) in [5.41, 5.74) is 0.757. The van der Waals surface area contributed by atoms with Gasteiger partial charge in [-0.1, -0.05) is 31.1 Å². The van der Waals surface area contributed by atoms with Crippen LogP contribution in [0.25, 0.3) is 0 Å². The summed E-state index contributed by atoms with van der Waals surface area (Å²) in [5, 5.41) is 96.4. The molecular weight excluding hydrogens is 720 g/mol. The van der Waals surface area contributed by atoms with Crippen LogP contribution in [0.3, 0.4) is 0 Å². The zero-order chi connectivity index (χ0) is 39.9. The maximum absolute atomic E-state index is 12.6. The molecule has 15 heteroatoms. The zero-order valence-electron chi connectivity index (χ0n) is 32.4. The Kier molecular flexibility index (Phi) is 11.5. The van der Waals surface area contributed by atoms with E-state index in [2.05, 4.69) is 19.9 Å². The minimum absolute atomic E-state index is 0.0515. The monoisotopic (exact) mass is 782 g/mol. The van der Waals surface area contributed by atoms with E-state index in [1.807, 2.05) is 13.8 Å². The molecule has 0 unspecified atom stereocenters. The Morgan fingerprint density at radius 2 is 1.51 bits per heavy atom. The van der Waals surface area contributed by atoms with Crippen LogP contribution in [-0.2, 0) is 28.5 Å². The fourth-order valence-electron chi connectivity index (χ4n) is 11.9. The smallest absolute Gasteiger partial charge is 0.334 e. The largest absolute Gasteiger partial charge is 0.456 e. The Morgan fingerprint density at radius 3 is 2.18 bits per heavy atom. The van der Waals surface area contributed by atoms with Gasteiger partial charge in [0.15, 0.2) is 12.6 Å². The molecule has 7 aliphatic rings. The van der Waals surface area contributed by atoms with E-state index in [1.165, 1.54) is 0 Å². The molecule has 0 bridgehead atoms. The Morgan fingerprint density at radius 1 is 0.855 bits per heavy atom. The maximum Gasteiger partial charge on any atom is 0.334 e. The van der Waals surface area contributed by atoms with Gasteiger partial charge in [-0.25, -0.2) is 4.79 Å². The van der Waals surface area contributed by atoms with E-state index in [-0.39, 0.29) is 29.6 Å². The van der Waals surface area contributed by atoms with Crippen molar-refractivity contribution in [2.24, 2.45) is 34.5 Å². The molecule has 15 nitrogen and oxygen atoms in total. The second-order valence-corrected chi connectivity index (χ2v) is 18.3. The first-order valence-electron chi connectivity index (χ1n) is 20.1. The van der Waals surface area contributed by atoms with Crippen LogP contribution in [0.1, 0.15) is 86.0 Å². The van der Waals surface area contributed by atoms with E-state index in [1.54, 1.807) is 6.92 Å². The van der Waals surface area contributed by atoms with Crippen LogP contribution in [0.4, 0.5) is 0 Å². The number of rotatable bonds is 8. The topological polar surface area (TPSA) is 245 Å². The lowest BCUT2D eigenvalue weighted by Crippen LogP contribution is -2.62. The molecule has 4 aliphatic carbocycles. The number of carbonyl (C=O) groups is 1. The van der Waals surface area contributed by atoms with E-state index in [0.717, 1.165) is 43.3 Å². The van der Waals surface area contributed by atoms with Crippen molar-refractivity contribution in [1.29, 1.82) is 0 Å². The van der Waals surface area contributed by atoms with Crippen LogP contribution in [0.2, 0.25) is 0 Å². The highest BCUT2D eigenvalue weighted by molar-refractivity contribution is 5.89. The van der Waals surface area contributed by atoms with Crippen LogP contribution >= 0.6 is 0 Å². The van der Waals surface area contributed by atoms with Crippen LogP contribution in [0, 0.1) is 34.5 Å². The van der Waals surface area contributed by atoms with Gasteiger partial charge in [-0.05, 0) is 88.4 Å². The number of carbonyl (C=O) groups excluding carboxylic acids is 1. The molecule has 312 valence electrons. The third-order valence-electron chi connectivity index (χ3n) is 15.5. The van der Waals surface area contributed by atoms with E-state index in [4.69, 9.17) is 23.7 Å². The molecule has 2 saturated heterocycles. The number of fused-ring (bicyclic) bond motifs is 5. The number of hydrogen-bond donors (Lipinski definition) is 9. The van der Waals surface area contributed by atoms with Gasteiger partial charge in [0.05, 0.1) is 25.4 Å². The van der Waals surface area contributed by atoms with Crippen molar-refractivity contribution in [3.8, 4) is 0 Å². The van der Waals surface area contributed by atoms with Crippen molar-refractivity contribution in [2.45, 2.75) is 171 Å². The molecule has 0 spiro atoms. The lowest BCUT2D eigenvalue weighted by molar-refractivity contribution is -0.337. The third kappa shape index (κ3) is 6.86. The standard InChI is InChI=1S/C40H62O15/c1-17-12-28(55-35(49)18(17)2)40(5,50)26-9-8-22-21-7-6-19-13-20(14-27(42)39(19,4)23(21)10-11-38(22,26)3)52-37-34(48)32(46)30(44)25(54-37)16-51-36-33(47)31(45)29(43)24(15-41)53-36/h6,20-34,36-37,41-48,50H,7-16H2,1-5H3/t20-,21-,22-,23-,24-,25+,26-,27-,28-,29-,30+,31-,32-,33+,34+,36-,37+,38-,39-,40+/m1/s1. The van der Waals surface area contributed by atoms with Crippen molar-refractivity contribution >= 4 is 5.97 Å². The van der Waals surface area contributed by atoms with Gasteiger partial charge in [0.25, 0.3) is 0 Å². The second kappa shape index (κ2) is 15.2. The van der Waals surface area contributed by atoms with Crippen LogP contribution in [-0.4, -0.2) is 150 Å². The summed E-state index contributed by atoms with van der Waals surface area (Å²) in [6.07, 6.45) is -9.39. The quantitative estimate of drug-likeness (QED) is 0.116. The number of allylic oxidation sites excluding steroid dienone is 1. The fraction of sp³-hybridized carbons (Fsp3) is 0.875. The molecule has 0 aromatic carbocycles. The molecule has 0 aromatic rings. The molecule has 9 N–H and O–H groups in total. The summed E-state index contributed by atoms with van der Waals surface area (Å²) >= 11 is 0. The molecule has 3 aliphatic heterocycles.